The number of benzene rings is 1. The van der Waals surface area contributed by atoms with Crippen LogP contribution in [-0.2, 0) is 12.4 Å². The minimum absolute atomic E-state index is 0.111. The highest BCUT2D eigenvalue weighted by Gasteiger charge is 2.06. The molecule has 0 unspecified atom stereocenters. The van der Waals surface area contributed by atoms with Gasteiger partial charge in [0, 0.05) is 30.2 Å². The standard InChI is InChI=1S/C14H13BrN2O2/c1-17-9-12(6-7-13(17)18)16-14(19)11-4-2-10(8-15)3-5-11/h2-7,9H,8H2,1H3,(H,16,19). The first-order valence-corrected chi connectivity index (χ1v) is 6.85. The Bertz CT molecular complexity index is 647. The van der Waals surface area contributed by atoms with Gasteiger partial charge in [-0.2, -0.15) is 0 Å². The maximum absolute atomic E-state index is 12.0. The Morgan fingerprint density at radius 2 is 1.89 bits per heavy atom. The second-order valence-corrected chi connectivity index (χ2v) is 4.71. The summed E-state index contributed by atoms with van der Waals surface area (Å²) in [7, 11) is 1.64. The monoisotopic (exact) mass is 320 g/mol. The van der Waals surface area contributed by atoms with Crippen LogP contribution in [0.5, 0.6) is 0 Å². The third-order valence-corrected chi connectivity index (χ3v) is 3.36. The number of hydrogen-bond acceptors (Lipinski definition) is 2. The van der Waals surface area contributed by atoms with Gasteiger partial charge in [0.2, 0.25) is 5.56 Å². The lowest BCUT2D eigenvalue weighted by Crippen LogP contribution is -2.17. The molecule has 0 aliphatic carbocycles. The van der Waals surface area contributed by atoms with E-state index in [0.717, 1.165) is 10.9 Å². The summed E-state index contributed by atoms with van der Waals surface area (Å²) in [4.78, 5) is 23.2. The molecule has 0 saturated heterocycles. The third kappa shape index (κ3) is 3.32. The molecular weight excluding hydrogens is 308 g/mol. The summed E-state index contributed by atoms with van der Waals surface area (Å²) in [5, 5.41) is 3.51. The van der Waals surface area contributed by atoms with Crippen molar-refractivity contribution >= 4 is 27.5 Å². The number of carbonyl (C=O) groups is 1. The van der Waals surface area contributed by atoms with E-state index >= 15 is 0 Å². The van der Waals surface area contributed by atoms with Crippen LogP contribution in [-0.4, -0.2) is 10.5 Å². The van der Waals surface area contributed by atoms with Crippen molar-refractivity contribution in [1.29, 1.82) is 0 Å². The molecule has 0 bridgehead atoms. The molecule has 1 amide bonds. The maximum Gasteiger partial charge on any atom is 0.255 e. The number of nitrogens with zero attached hydrogens (tertiary/aromatic N) is 1. The van der Waals surface area contributed by atoms with Crippen LogP contribution in [0, 0.1) is 0 Å². The molecule has 1 heterocycles. The Morgan fingerprint density at radius 1 is 1.21 bits per heavy atom. The van der Waals surface area contributed by atoms with Crippen LogP contribution in [0.1, 0.15) is 15.9 Å². The van der Waals surface area contributed by atoms with Crippen molar-refractivity contribution in [1.82, 2.24) is 4.57 Å². The van der Waals surface area contributed by atoms with Gasteiger partial charge in [0.15, 0.2) is 0 Å². The summed E-state index contributed by atoms with van der Waals surface area (Å²) < 4.78 is 1.42. The minimum atomic E-state index is -0.195. The number of carbonyl (C=O) groups excluding carboxylic acids is 1. The lowest BCUT2D eigenvalue weighted by molar-refractivity contribution is 0.102. The number of hydrogen-bond donors (Lipinski definition) is 1. The fourth-order valence-electron chi connectivity index (χ4n) is 1.62. The van der Waals surface area contributed by atoms with Gasteiger partial charge in [-0.05, 0) is 23.8 Å². The zero-order valence-electron chi connectivity index (χ0n) is 10.4. The van der Waals surface area contributed by atoms with E-state index in [1.165, 1.54) is 10.6 Å². The van der Waals surface area contributed by atoms with Crippen LogP contribution in [0.4, 0.5) is 5.69 Å². The number of aromatic nitrogens is 1. The van der Waals surface area contributed by atoms with Gasteiger partial charge in [-0.25, -0.2) is 0 Å². The Balaban J connectivity index is 2.15. The van der Waals surface area contributed by atoms with Gasteiger partial charge in [0.05, 0.1) is 5.69 Å². The van der Waals surface area contributed by atoms with E-state index in [1.54, 1.807) is 31.4 Å². The molecule has 0 radical (unpaired) electrons. The van der Waals surface area contributed by atoms with E-state index in [4.69, 9.17) is 0 Å². The zero-order chi connectivity index (χ0) is 13.8. The predicted molar refractivity (Wildman–Crippen MR) is 78.7 cm³/mol. The lowest BCUT2D eigenvalue weighted by atomic mass is 10.1. The molecule has 2 aromatic rings. The largest absolute Gasteiger partial charge is 0.321 e. The topological polar surface area (TPSA) is 51.1 Å². The van der Waals surface area contributed by atoms with E-state index in [-0.39, 0.29) is 11.5 Å². The second-order valence-electron chi connectivity index (χ2n) is 4.15. The number of anilines is 1. The van der Waals surface area contributed by atoms with Crippen LogP contribution in [0.15, 0.2) is 47.4 Å². The van der Waals surface area contributed by atoms with E-state index in [2.05, 4.69) is 21.2 Å². The highest BCUT2D eigenvalue weighted by Crippen LogP contribution is 2.10. The average molecular weight is 321 g/mol. The van der Waals surface area contributed by atoms with Gasteiger partial charge < -0.3 is 9.88 Å². The fourth-order valence-corrected chi connectivity index (χ4v) is 1.99. The number of pyridine rings is 1. The fraction of sp³-hybridized carbons (Fsp3) is 0.143. The van der Waals surface area contributed by atoms with Crippen LogP contribution in [0.2, 0.25) is 0 Å². The summed E-state index contributed by atoms with van der Waals surface area (Å²) in [5.74, 6) is -0.195. The lowest BCUT2D eigenvalue weighted by Gasteiger charge is -2.07. The SMILES string of the molecule is Cn1cc(NC(=O)c2ccc(CBr)cc2)ccc1=O. The molecule has 0 saturated carbocycles. The molecule has 1 aromatic carbocycles. The highest BCUT2D eigenvalue weighted by molar-refractivity contribution is 9.08. The molecule has 5 heteroatoms. The van der Waals surface area contributed by atoms with Crippen molar-refractivity contribution in [3.63, 3.8) is 0 Å². The van der Waals surface area contributed by atoms with E-state index in [0.29, 0.717) is 11.3 Å². The van der Waals surface area contributed by atoms with Crippen molar-refractivity contribution in [2.45, 2.75) is 5.33 Å². The predicted octanol–water partition coefficient (Wildman–Crippen LogP) is 2.53. The molecule has 0 aliphatic heterocycles. The Kier molecular flexibility index (Phi) is 4.16. The van der Waals surface area contributed by atoms with E-state index in [1.807, 2.05) is 12.1 Å². The number of nitrogens with one attached hydrogen (secondary N) is 1. The van der Waals surface area contributed by atoms with Crippen molar-refractivity contribution in [2.75, 3.05) is 5.32 Å². The number of rotatable bonds is 3. The molecule has 0 spiro atoms. The van der Waals surface area contributed by atoms with Gasteiger partial charge in [0.1, 0.15) is 0 Å². The first-order valence-electron chi connectivity index (χ1n) is 5.73. The van der Waals surface area contributed by atoms with Crippen LogP contribution in [0.3, 0.4) is 0 Å². The maximum atomic E-state index is 12.0. The van der Waals surface area contributed by atoms with E-state index in [9.17, 15) is 9.59 Å². The number of aryl methyl sites for hydroxylation is 1. The van der Waals surface area contributed by atoms with Crippen molar-refractivity contribution in [3.8, 4) is 0 Å². The number of alkyl halides is 1. The average Bonchev–Trinajstić information content (AvgIpc) is 2.43. The van der Waals surface area contributed by atoms with Crippen LogP contribution in [0.25, 0.3) is 0 Å². The number of halogens is 1. The Hall–Kier alpha value is -1.88. The van der Waals surface area contributed by atoms with Gasteiger partial charge >= 0.3 is 0 Å². The summed E-state index contributed by atoms with van der Waals surface area (Å²) in [6, 6.07) is 10.3. The van der Waals surface area contributed by atoms with Crippen LogP contribution < -0.4 is 10.9 Å². The molecule has 2 rings (SSSR count). The first-order chi connectivity index (χ1) is 9.10. The van der Waals surface area contributed by atoms with Gasteiger partial charge in [-0.15, -0.1) is 0 Å². The van der Waals surface area contributed by atoms with E-state index < -0.39 is 0 Å². The summed E-state index contributed by atoms with van der Waals surface area (Å²) in [5.41, 5.74) is 2.17. The summed E-state index contributed by atoms with van der Waals surface area (Å²) in [6.45, 7) is 0. The molecule has 0 fully saturated rings. The second kappa shape index (κ2) is 5.84. The van der Waals surface area contributed by atoms with Gasteiger partial charge in [-0.3, -0.25) is 9.59 Å². The molecule has 98 valence electrons. The normalized spacial score (nSPS) is 10.2. The minimum Gasteiger partial charge on any atom is -0.321 e. The Labute approximate surface area is 119 Å². The molecule has 4 nitrogen and oxygen atoms in total. The molecular formula is C14H13BrN2O2. The summed E-state index contributed by atoms with van der Waals surface area (Å²) >= 11 is 3.35. The smallest absolute Gasteiger partial charge is 0.255 e. The van der Waals surface area contributed by atoms with Crippen molar-refractivity contribution in [2.24, 2.45) is 7.05 Å². The molecule has 1 aromatic heterocycles. The zero-order valence-corrected chi connectivity index (χ0v) is 12.0. The molecule has 0 aliphatic rings. The van der Waals surface area contributed by atoms with Gasteiger partial charge in [0.25, 0.3) is 5.91 Å². The molecule has 19 heavy (non-hydrogen) atoms. The Morgan fingerprint density at radius 3 is 2.47 bits per heavy atom. The third-order valence-electron chi connectivity index (χ3n) is 2.71. The highest BCUT2D eigenvalue weighted by atomic mass is 79.9. The molecule has 1 N–H and O–H groups in total. The number of amides is 1. The molecule has 0 atom stereocenters. The van der Waals surface area contributed by atoms with Crippen molar-refractivity contribution in [3.05, 3.63) is 64.1 Å². The first kappa shape index (κ1) is 13.5. The summed E-state index contributed by atoms with van der Waals surface area (Å²) in [6.07, 6.45) is 1.59. The van der Waals surface area contributed by atoms with Crippen molar-refractivity contribution < 1.29 is 4.79 Å². The quantitative estimate of drug-likeness (QED) is 0.883. The van der Waals surface area contributed by atoms with Crippen LogP contribution >= 0.6 is 15.9 Å². The van der Waals surface area contributed by atoms with Gasteiger partial charge in [-0.1, -0.05) is 28.1 Å².